The predicted molar refractivity (Wildman–Crippen MR) is 93.2 cm³/mol. The van der Waals surface area contributed by atoms with Gasteiger partial charge in [0.25, 0.3) is 0 Å². The highest BCUT2D eigenvalue weighted by Gasteiger charge is 2.34. The van der Waals surface area contributed by atoms with Gasteiger partial charge in [0.2, 0.25) is 5.91 Å². The number of aliphatic hydroxyl groups is 1. The van der Waals surface area contributed by atoms with Crippen LogP contribution in [0.4, 0.5) is 5.13 Å². The Kier molecular flexibility index (Phi) is 4.64. The standard InChI is InChI=1S/C17H23N3O3S/c1-11-9-13(12(2)23-11)17(3,22)10-19-15(21)14-5-4-7-20(14)16-18-6-8-24-16/h6,8-9,14,22H,4-5,7,10H2,1-3H3,(H,19,21)/t14-,17+/m1/s1. The summed E-state index contributed by atoms with van der Waals surface area (Å²) in [7, 11) is 0. The van der Waals surface area contributed by atoms with E-state index in [1.54, 1.807) is 13.1 Å². The highest BCUT2D eigenvalue weighted by atomic mass is 32.1. The summed E-state index contributed by atoms with van der Waals surface area (Å²) in [4.78, 5) is 19.0. The van der Waals surface area contributed by atoms with Crippen LogP contribution in [0.25, 0.3) is 0 Å². The number of anilines is 1. The van der Waals surface area contributed by atoms with Gasteiger partial charge in [-0.1, -0.05) is 0 Å². The molecule has 1 aliphatic heterocycles. The monoisotopic (exact) mass is 349 g/mol. The summed E-state index contributed by atoms with van der Waals surface area (Å²) < 4.78 is 5.49. The van der Waals surface area contributed by atoms with Crippen LogP contribution in [-0.4, -0.2) is 35.1 Å². The molecule has 1 saturated heterocycles. The third kappa shape index (κ3) is 3.32. The van der Waals surface area contributed by atoms with E-state index < -0.39 is 5.60 Å². The Hall–Kier alpha value is -1.86. The SMILES string of the molecule is Cc1cc([C@@](C)(O)CNC(=O)[C@H]2CCCN2c2nccs2)c(C)o1. The van der Waals surface area contributed by atoms with Crippen molar-refractivity contribution in [1.29, 1.82) is 0 Å². The molecule has 130 valence electrons. The molecule has 1 aliphatic rings. The molecule has 1 amide bonds. The zero-order chi connectivity index (χ0) is 17.3. The van der Waals surface area contributed by atoms with Crippen molar-refractivity contribution in [1.82, 2.24) is 10.3 Å². The van der Waals surface area contributed by atoms with E-state index in [0.29, 0.717) is 11.3 Å². The number of furan rings is 1. The van der Waals surface area contributed by atoms with E-state index in [1.165, 1.54) is 11.3 Å². The normalized spacial score (nSPS) is 20.2. The van der Waals surface area contributed by atoms with Crippen LogP contribution in [0.5, 0.6) is 0 Å². The maximum Gasteiger partial charge on any atom is 0.242 e. The summed E-state index contributed by atoms with van der Waals surface area (Å²) in [6, 6.07) is 1.60. The smallest absolute Gasteiger partial charge is 0.242 e. The van der Waals surface area contributed by atoms with Gasteiger partial charge in [-0.25, -0.2) is 4.98 Å². The summed E-state index contributed by atoms with van der Waals surface area (Å²) in [5.41, 5.74) is -0.453. The topological polar surface area (TPSA) is 78.6 Å². The molecular formula is C17H23N3O3S. The summed E-state index contributed by atoms with van der Waals surface area (Å²) in [6.07, 6.45) is 3.52. The highest BCUT2D eigenvalue weighted by molar-refractivity contribution is 7.13. The van der Waals surface area contributed by atoms with Crippen LogP contribution in [0.1, 0.15) is 36.8 Å². The molecule has 2 N–H and O–H groups in total. The Labute approximate surface area is 145 Å². The Morgan fingerprint density at radius 3 is 3.00 bits per heavy atom. The van der Waals surface area contributed by atoms with Gasteiger partial charge in [-0.05, 0) is 39.7 Å². The Balaban J connectivity index is 1.65. The van der Waals surface area contributed by atoms with E-state index in [1.807, 2.05) is 30.2 Å². The second kappa shape index (κ2) is 6.57. The van der Waals surface area contributed by atoms with Crippen LogP contribution < -0.4 is 10.2 Å². The number of thiazole rings is 1. The largest absolute Gasteiger partial charge is 0.466 e. The zero-order valence-corrected chi connectivity index (χ0v) is 15.0. The van der Waals surface area contributed by atoms with Crippen molar-refractivity contribution in [2.45, 2.75) is 45.3 Å². The zero-order valence-electron chi connectivity index (χ0n) is 14.2. The predicted octanol–water partition coefficient (Wildman–Crippen LogP) is 2.35. The van der Waals surface area contributed by atoms with Crippen LogP contribution in [0.2, 0.25) is 0 Å². The fraction of sp³-hybridized carbons (Fsp3) is 0.529. The summed E-state index contributed by atoms with van der Waals surface area (Å²) >= 11 is 1.54. The lowest BCUT2D eigenvalue weighted by Gasteiger charge is -2.27. The number of nitrogens with zero attached hydrogens (tertiary/aromatic N) is 2. The molecule has 2 aromatic rings. The van der Waals surface area contributed by atoms with Crippen molar-refractivity contribution < 1.29 is 14.3 Å². The van der Waals surface area contributed by atoms with Gasteiger partial charge in [0, 0.05) is 23.7 Å². The number of rotatable bonds is 5. The number of carbonyl (C=O) groups is 1. The van der Waals surface area contributed by atoms with E-state index in [0.717, 1.165) is 30.3 Å². The molecule has 0 saturated carbocycles. The minimum Gasteiger partial charge on any atom is -0.466 e. The van der Waals surface area contributed by atoms with Crippen molar-refractivity contribution in [3.8, 4) is 0 Å². The first-order valence-electron chi connectivity index (χ1n) is 8.12. The number of carbonyl (C=O) groups excluding carboxylic acids is 1. The van der Waals surface area contributed by atoms with Crippen molar-refractivity contribution >= 4 is 22.4 Å². The van der Waals surface area contributed by atoms with E-state index in [9.17, 15) is 9.90 Å². The molecule has 2 atom stereocenters. The summed E-state index contributed by atoms with van der Waals surface area (Å²) in [6.45, 7) is 6.34. The van der Waals surface area contributed by atoms with Crippen molar-refractivity contribution in [2.24, 2.45) is 0 Å². The molecule has 1 fully saturated rings. The minimum absolute atomic E-state index is 0.0687. The van der Waals surface area contributed by atoms with Crippen LogP contribution in [0.3, 0.4) is 0 Å². The maximum atomic E-state index is 12.6. The van der Waals surface area contributed by atoms with E-state index >= 15 is 0 Å². The van der Waals surface area contributed by atoms with E-state index in [4.69, 9.17) is 4.42 Å². The summed E-state index contributed by atoms with van der Waals surface area (Å²) in [5.74, 6) is 1.36. The molecule has 0 radical (unpaired) electrons. The minimum atomic E-state index is -1.16. The number of hydrogen-bond donors (Lipinski definition) is 2. The number of nitrogens with one attached hydrogen (secondary N) is 1. The van der Waals surface area contributed by atoms with E-state index in [2.05, 4.69) is 10.3 Å². The van der Waals surface area contributed by atoms with Gasteiger partial charge in [-0.2, -0.15) is 0 Å². The van der Waals surface area contributed by atoms with Gasteiger partial charge in [-0.3, -0.25) is 4.79 Å². The number of aryl methyl sites for hydroxylation is 2. The number of hydrogen-bond acceptors (Lipinski definition) is 6. The molecule has 3 heterocycles. The average Bonchev–Trinajstić information content (AvgIpc) is 3.24. The molecular weight excluding hydrogens is 326 g/mol. The molecule has 2 aromatic heterocycles. The lowest BCUT2D eigenvalue weighted by atomic mass is 9.96. The molecule has 3 rings (SSSR count). The number of amides is 1. The molecule has 7 heteroatoms. The first kappa shape index (κ1) is 17.0. The highest BCUT2D eigenvalue weighted by Crippen LogP contribution is 2.29. The van der Waals surface area contributed by atoms with Crippen molar-refractivity contribution in [3.63, 3.8) is 0 Å². The molecule has 0 aromatic carbocycles. The Bertz CT molecular complexity index is 709. The van der Waals surface area contributed by atoms with Crippen molar-refractivity contribution in [2.75, 3.05) is 18.0 Å². The van der Waals surface area contributed by atoms with Gasteiger partial charge in [0.05, 0.1) is 6.54 Å². The fourth-order valence-corrected chi connectivity index (χ4v) is 3.98. The summed E-state index contributed by atoms with van der Waals surface area (Å²) in [5, 5.41) is 16.4. The second-order valence-electron chi connectivity index (χ2n) is 6.48. The molecule has 0 spiro atoms. The molecule has 0 bridgehead atoms. The third-order valence-electron chi connectivity index (χ3n) is 4.45. The lowest BCUT2D eigenvalue weighted by molar-refractivity contribution is -0.123. The second-order valence-corrected chi connectivity index (χ2v) is 7.36. The third-order valence-corrected chi connectivity index (χ3v) is 5.26. The van der Waals surface area contributed by atoms with Crippen molar-refractivity contribution in [3.05, 3.63) is 34.7 Å². The Morgan fingerprint density at radius 1 is 1.58 bits per heavy atom. The quantitative estimate of drug-likeness (QED) is 0.866. The van der Waals surface area contributed by atoms with Crippen LogP contribution in [0.15, 0.2) is 22.1 Å². The molecule has 24 heavy (non-hydrogen) atoms. The molecule has 6 nitrogen and oxygen atoms in total. The van der Waals surface area contributed by atoms with Gasteiger partial charge >= 0.3 is 0 Å². The van der Waals surface area contributed by atoms with Gasteiger partial charge < -0.3 is 19.7 Å². The first-order chi connectivity index (χ1) is 11.4. The maximum absolute atomic E-state index is 12.6. The van der Waals surface area contributed by atoms with Gasteiger partial charge in [-0.15, -0.1) is 11.3 Å². The van der Waals surface area contributed by atoms with Crippen LogP contribution in [0, 0.1) is 13.8 Å². The number of aromatic nitrogens is 1. The first-order valence-corrected chi connectivity index (χ1v) is 9.00. The lowest BCUT2D eigenvalue weighted by Crippen LogP contribution is -2.47. The molecule has 0 aliphatic carbocycles. The van der Waals surface area contributed by atoms with Crippen LogP contribution in [-0.2, 0) is 10.4 Å². The fourth-order valence-electron chi connectivity index (χ4n) is 3.26. The Morgan fingerprint density at radius 2 is 2.38 bits per heavy atom. The van der Waals surface area contributed by atoms with Gasteiger partial charge in [0.1, 0.15) is 23.2 Å². The average molecular weight is 349 g/mol. The molecule has 0 unspecified atom stereocenters. The van der Waals surface area contributed by atoms with Crippen LogP contribution >= 0.6 is 11.3 Å². The van der Waals surface area contributed by atoms with Gasteiger partial charge in [0.15, 0.2) is 5.13 Å². The van der Waals surface area contributed by atoms with E-state index in [-0.39, 0.29) is 18.5 Å².